The van der Waals surface area contributed by atoms with E-state index in [1.807, 2.05) is 6.92 Å². The zero-order valence-corrected chi connectivity index (χ0v) is 6.73. The van der Waals surface area contributed by atoms with Crippen LogP contribution >= 0.6 is 0 Å². The summed E-state index contributed by atoms with van der Waals surface area (Å²) in [5, 5.41) is 10.8. The molecule has 0 rings (SSSR count). The second-order valence-corrected chi connectivity index (χ2v) is 1.90. The Kier molecular flexibility index (Phi) is 6.42. The van der Waals surface area contributed by atoms with Crippen molar-refractivity contribution in [1.82, 2.24) is 0 Å². The first-order valence-corrected chi connectivity index (χ1v) is 3.28. The SMILES string of the molecule is COC=CC(C)OCC=NO. The molecule has 0 fully saturated rings. The highest BCUT2D eigenvalue weighted by Crippen LogP contribution is 1.91. The summed E-state index contributed by atoms with van der Waals surface area (Å²) in [6.07, 6.45) is 4.54. The Labute approximate surface area is 66.1 Å². The molecule has 0 aromatic rings. The Morgan fingerprint density at radius 1 is 1.64 bits per heavy atom. The molecule has 0 aliphatic heterocycles. The van der Waals surface area contributed by atoms with Gasteiger partial charge in [-0.1, -0.05) is 5.16 Å². The summed E-state index contributed by atoms with van der Waals surface area (Å²) in [4.78, 5) is 0. The number of ether oxygens (including phenoxy) is 2. The van der Waals surface area contributed by atoms with E-state index in [0.29, 0.717) is 6.61 Å². The molecule has 0 amide bonds. The van der Waals surface area contributed by atoms with Gasteiger partial charge in [0.1, 0.15) is 0 Å². The summed E-state index contributed by atoms with van der Waals surface area (Å²) in [5.74, 6) is 0. The van der Waals surface area contributed by atoms with Gasteiger partial charge in [-0.3, -0.25) is 0 Å². The lowest BCUT2D eigenvalue weighted by Gasteiger charge is -2.03. The molecule has 1 N–H and O–H groups in total. The van der Waals surface area contributed by atoms with Gasteiger partial charge in [0, 0.05) is 0 Å². The van der Waals surface area contributed by atoms with Crippen LogP contribution in [0.4, 0.5) is 0 Å². The van der Waals surface area contributed by atoms with E-state index in [9.17, 15) is 0 Å². The Hall–Kier alpha value is -1.03. The molecule has 0 aromatic carbocycles. The molecule has 0 bridgehead atoms. The molecule has 0 aliphatic rings. The van der Waals surface area contributed by atoms with E-state index in [-0.39, 0.29) is 6.10 Å². The maximum Gasteiger partial charge on any atom is 0.0859 e. The number of methoxy groups -OCH3 is 1. The third-order valence-corrected chi connectivity index (χ3v) is 1.00. The number of oxime groups is 1. The molecule has 0 spiro atoms. The van der Waals surface area contributed by atoms with Crippen molar-refractivity contribution in [3.05, 3.63) is 12.3 Å². The van der Waals surface area contributed by atoms with Crippen LogP contribution < -0.4 is 0 Å². The maximum atomic E-state index is 8.00. The Morgan fingerprint density at radius 3 is 2.91 bits per heavy atom. The van der Waals surface area contributed by atoms with Gasteiger partial charge in [0.25, 0.3) is 0 Å². The molecule has 0 saturated heterocycles. The molecule has 4 nitrogen and oxygen atoms in total. The van der Waals surface area contributed by atoms with Crippen LogP contribution in [0.3, 0.4) is 0 Å². The minimum atomic E-state index is -0.0343. The monoisotopic (exact) mass is 159 g/mol. The smallest absolute Gasteiger partial charge is 0.0859 e. The van der Waals surface area contributed by atoms with Gasteiger partial charge in [-0.05, 0) is 13.0 Å². The number of nitrogens with zero attached hydrogens (tertiary/aromatic N) is 1. The molecule has 0 heterocycles. The zero-order chi connectivity index (χ0) is 8.53. The van der Waals surface area contributed by atoms with Gasteiger partial charge >= 0.3 is 0 Å². The first-order valence-electron chi connectivity index (χ1n) is 3.28. The van der Waals surface area contributed by atoms with E-state index in [1.54, 1.807) is 19.4 Å². The second kappa shape index (κ2) is 7.08. The van der Waals surface area contributed by atoms with Crippen LogP contribution in [0.2, 0.25) is 0 Å². The van der Waals surface area contributed by atoms with E-state index in [1.165, 1.54) is 6.21 Å². The van der Waals surface area contributed by atoms with Crippen LogP contribution in [0.25, 0.3) is 0 Å². The molecule has 11 heavy (non-hydrogen) atoms. The van der Waals surface area contributed by atoms with Crippen molar-refractivity contribution in [2.45, 2.75) is 13.0 Å². The average Bonchev–Trinajstić information content (AvgIpc) is 2.01. The molecule has 1 unspecified atom stereocenters. The van der Waals surface area contributed by atoms with Crippen molar-refractivity contribution >= 4 is 6.21 Å². The fourth-order valence-electron chi connectivity index (χ4n) is 0.473. The number of hydrogen-bond donors (Lipinski definition) is 1. The van der Waals surface area contributed by atoms with Crippen molar-refractivity contribution in [3.8, 4) is 0 Å². The topological polar surface area (TPSA) is 51.0 Å². The van der Waals surface area contributed by atoms with E-state index in [4.69, 9.17) is 9.94 Å². The summed E-state index contributed by atoms with van der Waals surface area (Å²) >= 11 is 0. The van der Waals surface area contributed by atoms with Gasteiger partial charge in [-0.2, -0.15) is 0 Å². The molecule has 0 saturated carbocycles. The Bertz CT molecular complexity index is 134. The fourth-order valence-corrected chi connectivity index (χ4v) is 0.473. The van der Waals surface area contributed by atoms with Crippen molar-refractivity contribution in [1.29, 1.82) is 0 Å². The zero-order valence-electron chi connectivity index (χ0n) is 6.73. The van der Waals surface area contributed by atoms with Crippen molar-refractivity contribution in [3.63, 3.8) is 0 Å². The lowest BCUT2D eigenvalue weighted by Crippen LogP contribution is -2.06. The van der Waals surface area contributed by atoms with Crippen LogP contribution in [0, 0.1) is 0 Å². The van der Waals surface area contributed by atoms with Crippen molar-refractivity contribution in [2.24, 2.45) is 5.16 Å². The average molecular weight is 159 g/mol. The molecule has 0 aromatic heterocycles. The maximum absolute atomic E-state index is 8.00. The summed E-state index contributed by atoms with van der Waals surface area (Å²) < 4.78 is 9.78. The minimum absolute atomic E-state index is 0.0343. The fraction of sp³-hybridized carbons (Fsp3) is 0.571. The molecule has 1 atom stereocenters. The van der Waals surface area contributed by atoms with Gasteiger partial charge in [-0.25, -0.2) is 0 Å². The van der Waals surface area contributed by atoms with Crippen LogP contribution in [-0.2, 0) is 9.47 Å². The van der Waals surface area contributed by atoms with E-state index >= 15 is 0 Å². The first kappa shape index (κ1) is 9.97. The highest BCUT2D eigenvalue weighted by atomic mass is 16.5. The second-order valence-electron chi connectivity index (χ2n) is 1.90. The van der Waals surface area contributed by atoms with E-state index in [0.717, 1.165) is 0 Å². The van der Waals surface area contributed by atoms with Crippen LogP contribution in [-0.4, -0.2) is 31.2 Å². The normalized spacial score (nSPS) is 14.4. The minimum Gasteiger partial charge on any atom is -0.505 e. The molecule has 4 heteroatoms. The number of hydrogen-bond acceptors (Lipinski definition) is 4. The quantitative estimate of drug-likeness (QED) is 0.282. The van der Waals surface area contributed by atoms with Gasteiger partial charge in [-0.15, -0.1) is 0 Å². The molecular formula is C7H13NO3. The highest BCUT2D eigenvalue weighted by Gasteiger charge is 1.93. The summed E-state index contributed by atoms with van der Waals surface area (Å²) in [6, 6.07) is 0. The molecular weight excluding hydrogens is 146 g/mol. The predicted molar refractivity (Wildman–Crippen MR) is 41.8 cm³/mol. The molecule has 0 radical (unpaired) electrons. The first-order chi connectivity index (χ1) is 5.31. The van der Waals surface area contributed by atoms with Gasteiger partial charge in [0.15, 0.2) is 0 Å². The van der Waals surface area contributed by atoms with E-state index in [2.05, 4.69) is 9.89 Å². The largest absolute Gasteiger partial charge is 0.505 e. The van der Waals surface area contributed by atoms with Crippen molar-refractivity contribution in [2.75, 3.05) is 13.7 Å². The predicted octanol–water partition coefficient (Wildman–Crippen LogP) is 1.01. The van der Waals surface area contributed by atoms with Gasteiger partial charge in [0.2, 0.25) is 0 Å². The van der Waals surface area contributed by atoms with E-state index < -0.39 is 0 Å². The third kappa shape index (κ3) is 6.86. The Morgan fingerprint density at radius 2 is 2.36 bits per heavy atom. The van der Waals surface area contributed by atoms with Crippen molar-refractivity contribution < 1.29 is 14.7 Å². The van der Waals surface area contributed by atoms with Gasteiger partial charge < -0.3 is 14.7 Å². The highest BCUT2D eigenvalue weighted by molar-refractivity contribution is 5.57. The molecule has 0 aliphatic carbocycles. The standard InChI is InChI=1S/C7H13NO3/c1-7(3-5-10-2)11-6-4-8-9/h3-5,7,9H,6H2,1-2H3. The number of rotatable bonds is 5. The Balaban J connectivity index is 3.36. The summed E-state index contributed by atoms with van der Waals surface area (Å²) in [6.45, 7) is 2.16. The third-order valence-electron chi connectivity index (χ3n) is 1.00. The lowest BCUT2D eigenvalue weighted by molar-refractivity contribution is 0.129. The summed E-state index contributed by atoms with van der Waals surface area (Å²) in [5.41, 5.74) is 0. The van der Waals surface area contributed by atoms with Crippen LogP contribution in [0.5, 0.6) is 0 Å². The molecule has 64 valence electrons. The van der Waals surface area contributed by atoms with Crippen LogP contribution in [0.15, 0.2) is 17.5 Å². The summed E-state index contributed by atoms with van der Waals surface area (Å²) in [7, 11) is 1.57. The lowest BCUT2D eigenvalue weighted by atomic mass is 10.4. The van der Waals surface area contributed by atoms with Crippen LogP contribution in [0.1, 0.15) is 6.92 Å². The van der Waals surface area contributed by atoms with Gasteiger partial charge in [0.05, 0.1) is 32.3 Å².